The third-order valence-electron chi connectivity index (χ3n) is 5.07. The molecular formula is C27H21NO. The Balaban J connectivity index is 1.59. The maximum atomic E-state index is 6.22. The van der Waals surface area contributed by atoms with Crippen LogP contribution in [0.1, 0.15) is 11.1 Å². The second kappa shape index (κ2) is 7.69. The molecule has 0 saturated carbocycles. The minimum Gasteiger partial charge on any atom is -0.440 e. The van der Waals surface area contributed by atoms with Crippen molar-refractivity contribution in [3.63, 3.8) is 0 Å². The Hall–Kier alpha value is -3.78. The number of hydrogen-bond donors (Lipinski definition) is 0. The molecule has 0 saturated heterocycles. The Labute approximate surface area is 170 Å². The van der Waals surface area contributed by atoms with E-state index in [4.69, 9.17) is 4.42 Å². The summed E-state index contributed by atoms with van der Waals surface area (Å²) in [4.78, 5) is 2.18. The van der Waals surface area contributed by atoms with Gasteiger partial charge in [-0.15, -0.1) is 0 Å². The molecule has 0 unspecified atom stereocenters. The first kappa shape index (κ1) is 17.3. The zero-order chi connectivity index (χ0) is 19.5. The van der Waals surface area contributed by atoms with E-state index in [0.29, 0.717) is 0 Å². The first-order chi connectivity index (χ1) is 14.4. The Kier molecular flexibility index (Phi) is 4.59. The predicted molar refractivity (Wildman–Crippen MR) is 120 cm³/mol. The van der Waals surface area contributed by atoms with Crippen LogP contribution in [0.15, 0.2) is 120 Å². The van der Waals surface area contributed by atoms with Gasteiger partial charge in [0, 0.05) is 22.8 Å². The summed E-state index contributed by atoms with van der Waals surface area (Å²) in [6.45, 7) is 0. The van der Waals surface area contributed by atoms with Crippen molar-refractivity contribution < 1.29 is 4.42 Å². The van der Waals surface area contributed by atoms with Gasteiger partial charge in [0.25, 0.3) is 0 Å². The van der Waals surface area contributed by atoms with Gasteiger partial charge in [-0.05, 0) is 47.9 Å². The van der Waals surface area contributed by atoms with Crippen LogP contribution in [0.4, 0.5) is 17.3 Å². The number of para-hydroxylation sites is 2. The van der Waals surface area contributed by atoms with Crippen molar-refractivity contribution in [2.24, 2.45) is 0 Å². The highest BCUT2D eigenvalue weighted by molar-refractivity contribution is 5.85. The fourth-order valence-electron chi connectivity index (χ4n) is 3.70. The molecule has 0 fully saturated rings. The van der Waals surface area contributed by atoms with Gasteiger partial charge in [-0.3, -0.25) is 4.90 Å². The maximum Gasteiger partial charge on any atom is 0.205 e. The number of fused-ring (bicyclic) bond motifs is 1. The molecule has 0 amide bonds. The van der Waals surface area contributed by atoms with Crippen molar-refractivity contribution in [1.82, 2.24) is 0 Å². The summed E-state index contributed by atoms with van der Waals surface area (Å²) in [5, 5.41) is 1.10. The average molecular weight is 375 g/mol. The minimum absolute atomic E-state index is 0.814. The lowest BCUT2D eigenvalue weighted by Gasteiger charge is -2.23. The lowest BCUT2D eigenvalue weighted by molar-refractivity contribution is 0.621. The Morgan fingerprint density at radius 3 is 2.00 bits per heavy atom. The smallest absolute Gasteiger partial charge is 0.205 e. The second-order valence-electron chi connectivity index (χ2n) is 7.13. The molecule has 29 heavy (non-hydrogen) atoms. The summed E-state index contributed by atoms with van der Waals surface area (Å²) >= 11 is 0. The van der Waals surface area contributed by atoms with Gasteiger partial charge in [-0.2, -0.15) is 0 Å². The van der Waals surface area contributed by atoms with Gasteiger partial charge in [-0.25, -0.2) is 0 Å². The first-order valence-corrected chi connectivity index (χ1v) is 9.83. The molecule has 0 aliphatic carbocycles. The van der Waals surface area contributed by atoms with E-state index in [1.165, 1.54) is 11.1 Å². The van der Waals surface area contributed by atoms with Gasteiger partial charge in [0.2, 0.25) is 5.88 Å². The van der Waals surface area contributed by atoms with Crippen LogP contribution in [-0.2, 0) is 6.42 Å². The third kappa shape index (κ3) is 3.65. The molecule has 0 aliphatic rings. The molecule has 5 rings (SSSR count). The molecule has 5 aromatic rings. The van der Waals surface area contributed by atoms with E-state index in [0.717, 1.165) is 34.6 Å². The fraction of sp³-hybridized carbons (Fsp3) is 0.0370. The Bertz CT molecular complexity index is 1190. The molecule has 2 heteroatoms. The summed E-state index contributed by atoms with van der Waals surface area (Å²) in [6.07, 6.45) is 0.900. The van der Waals surface area contributed by atoms with Crippen molar-refractivity contribution in [2.45, 2.75) is 6.42 Å². The number of rotatable bonds is 5. The fourth-order valence-corrected chi connectivity index (χ4v) is 3.70. The van der Waals surface area contributed by atoms with Crippen molar-refractivity contribution in [2.75, 3.05) is 4.90 Å². The van der Waals surface area contributed by atoms with Gasteiger partial charge in [-0.1, -0.05) is 78.9 Å². The van der Waals surface area contributed by atoms with Gasteiger partial charge < -0.3 is 4.42 Å². The highest BCUT2D eigenvalue weighted by atomic mass is 16.4. The molecule has 140 valence electrons. The Morgan fingerprint density at radius 2 is 1.21 bits per heavy atom. The number of benzene rings is 4. The number of furan rings is 1. The van der Waals surface area contributed by atoms with Crippen LogP contribution >= 0.6 is 0 Å². The van der Waals surface area contributed by atoms with E-state index < -0.39 is 0 Å². The molecule has 0 bridgehead atoms. The lowest BCUT2D eigenvalue weighted by Crippen LogP contribution is -2.09. The lowest BCUT2D eigenvalue weighted by atomic mass is 10.0. The predicted octanol–water partition coefficient (Wildman–Crippen LogP) is 7.49. The third-order valence-corrected chi connectivity index (χ3v) is 5.07. The summed E-state index contributed by atoms with van der Waals surface area (Å²) < 4.78 is 6.22. The summed E-state index contributed by atoms with van der Waals surface area (Å²) in [7, 11) is 0. The van der Waals surface area contributed by atoms with Gasteiger partial charge in [0.1, 0.15) is 5.58 Å². The minimum atomic E-state index is 0.814. The van der Waals surface area contributed by atoms with Crippen LogP contribution in [0.2, 0.25) is 0 Å². The standard InChI is InChI=1S/C27H21NO/c1-3-10-21(11-4-1)18-22-12-9-16-25(19-22)28(24-14-5-2-6-15-24)27-20-23-13-7-8-17-26(23)29-27/h1-17,19-20H,18H2. The maximum absolute atomic E-state index is 6.22. The monoisotopic (exact) mass is 375 g/mol. The molecular weight excluding hydrogens is 354 g/mol. The normalized spacial score (nSPS) is 10.9. The first-order valence-electron chi connectivity index (χ1n) is 9.83. The largest absolute Gasteiger partial charge is 0.440 e. The van der Waals surface area contributed by atoms with E-state index in [-0.39, 0.29) is 0 Å². The van der Waals surface area contributed by atoms with Crippen LogP contribution in [0.5, 0.6) is 0 Å². The highest BCUT2D eigenvalue weighted by Gasteiger charge is 2.17. The summed E-state index contributed by atoms with van der Waals surface area (Å²) in [6, 6.07) is 39.8. The topological polar surface area (TPSA) is 16.4 Å². The van der Waals surface area contributed by atoms with Crippen LogP contribution in [0.3, 0.4) is 0 Å². The Morgan fingerprint density at radius 1 is 0.552 bits per heavy atom. The van der Waals surface area contributed by atoms with Crippen LogP contribution < -0.4 is 4.90 Å². The summed E-state index contributed by atoms with van der Waals surface area (Å²) in [5.74, 6) is 0.814. The molecule has 4 aromatic carbocycles. The van der Waals surface area contributed by atoms with E-state index >= 15 is 0 Å². The van der Waals surface area contributed by atoms with E-state index in [2.05, 4.69) is 95.9 Å². The van der Waals surface area contributed by atoms with Crippen molar-refractivity contribution in [3.8, 4) is 0 Å². The van der Waals surface area contributed by atoms with Crippen LogP contribution in [0, 0.1) is 0 Å². The second-order valence-corrected chi connectivity index (χ2v) is 7.13. The number of nitrogens with zero attached hydrogens (tertiary/aromatic N) is 1. The SMILES string of the molecule is c1ccc(Cc2cccc(N(c3ccccc3)c3cc4ccccc4o3)c2)cc1. The zero-order valence-electron chi connectivity index (χ0n) is 16.0. The molecule has 0 aliphatic heterocycles. The van der Waals surface area contributed by atoms with Gasteiger partial charge in [0.15, 0.2) is 0 Å². The molecule has 0 radical (unpaired) electrons. The zero-order valence-corrected chi connectivity index (χ0v) is 16.0. The number of anilines is 3. The van der Waals surface area contributed by atoms with E-state index in [1.54, 1.807) is 0 Å². The van der Waals surface area contributed by atoms with E-state index in [1.807, 2.05) is 24.3 Å². The molecule has 2 nitrogen and oxygen atoms in total. The van der Waals surface area contributed by atoms with Crippen LogP contribution in [-0.4, -0.2) is 0 Å². The number of hydrogen-bond acceptors (Lipinski definition) is 2. The van der Waals surface area contributed by atoms with E-state index in [9.17, 15) is 0 Å². The highest BCUT2D eigenvalue weighted by Crippen LogP contribution is 2.38. The van der Waals surface area contributed by atoms with Crippen molar-refractivity contribution >= 4 is 28.2 Å². The molecule has 0 atom stereocenters. The molecule has 1 aromatic heterocycles. The van der Waals surface area contributed by atoms with Crippen LogP contribution in [0.25, 0.3) is 11.0 Å². The van der Waals surface area contributed by atoms with Crippen molar-refractivity contribution in [1.29, 1.82) is 0 Å². The molecule has 0 N–H and O–H groups in total. The van der Waals surface area contributed by atoms with Crippen molar-refractivity contribution in [3.05, 3.63) is 126 Å². The molecule has 1 heterocycles. The van der Waals surface area contributed by atoms with Gasteiger partial charge >= 0.3 is 0 Å². The average Bonchev–Trinajstić information content (AvgIpc) is 3.19. The summed E-state index contributed by atoms with van der Waals surface area (Å²) in [5.41, 5.74) is 5.63. The molecule has 0 spiro atoms. The van der Waals surface area contributed by atoms with Gasteiger partial charge in [0.05, 0.1) is 0 Å². The quantitative estimate of drug-likeness (QED) is 0.316.